The number of carbonyl (C=O) groups excluding carboxylic acids is 2. The van der Waals surface area contributed by atoms with Crippen LogP contribution in [0.5, 0.6) is 0 Å². The molecule has 2 N–H and O–H groups in total. The average Bonchev–Trinajstić information content (AvgIpc) is 2.52. The number of benzene rings is 1. The van der Waals surface area contributed by atoms with E-state index in [2.05, 4.69) is 10.3 Å². The summed E-state index contributed by atoms with van der Waals surface area (Å²) in [7, 11) is 0. The van der Waals surface area contributed by atoms with Crippen LogP contribution in [0.4, 0.5) is 0 Å². The molecule has 1 aromatic carbocycles. The van der Waals surface area contributed by atoms with Gasteiger partial charge in [-0.1, -0.05) is 32.0 Å². The number of fused-ring (bicyclic) bond motifs is 1. The quantitative estimate of drug-likeness (QED) is 0.824. The third-order valence-corrected chi connectivity index (χ3v) is 3.31. The molecule has 0 spiro atoms. The number of ether oxygens (including phenoxy) is 1. The molecule has 2 rings (SSSR count). The molecule has 0 radical (unpaired) electrons. The zero-order chi connectivity index (χ0) is 17.0. The van der Waals surface area contributed by atoms with Crippen LogP contribution in [-0.4, -0.2) is 29.5 Å². The van der Waals surface area contributed by atoms with Crippen molar-refractivity contribution in [1.82, 2.24) is 10.3 Å². The lowest BCUT2D eigenvalue weighted by molar-refractivity contribution is -0.129. The summed E-state index contributed by atoms with van der Waals surface area (Å²) in [5.41, 5.74) is -0.343. The number of hydrogen-bond donors (Lipinski definition) is 2. The molecule has 0 bridgehead atoms. The van der Waals surface area contributed by atoms with E-state index >= 15 is 0 Å². The van der Waals surface area contributed by atoms with Gasteiger partial charge in [0.15, 0.2) is 6.10 Å². The second-order valence-electron chi connectivity index (χ2n) is 5.79. The Morgan fingerprint density at radius 1 is 1.22 bits per heavy atom. The van der Waals surface area contributed by atoms with Crippen molar-refractivity contribution < 1.29 is 14.3 Å². The minimum absolute atomic E-state index is 0.0252. The Balaban J connectivity index is 2.11. The van der Waals surface area contributed by atoms with E-state index < -0.39 is 12.1 Å². The van der Waals surface area contributed by atoms with Gasteiger partial charge >= 0.3 is 5.97 Å². The molecule has 6 nitrogen and oxygen atoms in total. The predicted octanol–water partition coefficient (Wildman–Crippen LogP) is 1.85. The van der Waals surface area contributed by atoms with Gasteiger partial charge in [0.25, 0.3) is 11.5 Å². The summed E-state index contributed by atoms with van der Waals surface area (Å²) in [6.45, 7) is 5.94. The molecule has 0 saturated heterocycles. The van der Waals surface area contributed by atoms with Crippen LogP contribution in [0.3, 0.4) is 0 Å². The SMILES string of the molecule is CC(C)CNC(=O)[C@H](C)OC(=O)c1cc2ccccc2c(=O)[nH]1. The van der Waals surface area contributed by atoms with Gasteiger partial charge < -0.3 is 15.0 Å². The number of aromatic amines is 1. The average molecular weight is 316 g/mol. The van der Waals surface area contributed by atoms with E-state index in [0.29, 0.717) is 23.2 Å². The highest BCUT2D eigenvalue weighted by molar-refractivity contribution is 5.94. The van der Waals surface area contributed by atoms with Crippen LogP contribution in [0.25, 0.3) is 10.8 Å². The van der Waals surface area contributed by atoms with Crippen molar-refractivity contribution in [2.24, 2.45) is 5.92 Å². The van der Waals surface area contributed by atoms with Crippen LogP contribution in [0.1, 0.15) is 31.3 Å². The van der Waals surface area contributed by atoms with Crippen molar-refractivity contribution in [2.75, 3.05) is 6.54 Å². The third-order valence-electron chi connectivity index (χ3n) is 3.31. The fourth-order valence-corrected chi connectivity index (χ4v) is 2.05. The second kappa shape index (κ2) is 7.09. The molecule has 1 amide bonds. The van der Waals surface area contributed by atoms with E-state index in [4.69, 9.17) is 4.74 Å². The molecule has 2 aromatic rings. The Kier molecular flexibility index (Phi) is 5.16. The normalized spacial score (nSPS) is 12.2. The molecule has 0 aliphatic rings. The molecular weight excluding hydrogens is 296 g/mol. The number of H-pyrrole nitrogens is 1. The highest BCUT2D eigenvalue weighted by Crippen LogP contribution is 2.11. The van der Waals surface area contributed by atoms with E-state index in [1.807, 2.05) is 13.8 Å². The molecule has 0 unspecified atom stereocenters. The van der Waals surface area contributed by atoms with Gasteiger partial charge in [-0.3, -0.25) is 9.59 Å². The zero-order valence-electron chi connectivity index (χ0n) is 13.4. The number of esters is 1. The third kappa shape index (κ3) is 4.18. The van der Waals surface area contributed by atoms with Gasteiger partial charge in [0.1, 0.15) is 5.69 Å². The van der Waals surface area contributed by atoms with Crippen molar-refractivity contribution in [3.05, 3.63) is 46.4 Å². The van der Waals surface area contributed by atoms with Gasteiger partial charge in [-0.25, -0.2) is 4.79 Å². The number of rotatable bonds is 5. The highest BCUT2D eigenvalue weighted by Gasteiger charge is 2.20. The standard InChI is InChI=1S/C17H20N2O4/c1-10(2)9-18-15(20)11(3)23-17(22)14-8-12-6-4-5-7-13(12)16(21)19-14/h4-8,10-11H,9H2,1-3H3,(H,18,20)(H,19,21)/t11-/m0/s1. The lowest BCUT2D eigenvalue weighted by Crippen LogP contribution is -2.37. The fraction of sp³-hybridized carbons (Fsp3) is 0.353. The molecule has 0 saturated carbocycles. The largest absolute Gasteiger partial charge is 0.448 e. The lowest BCUT2D eigenvalue weighted by Gasteiger charge is -2.14. The van der Waals surface area contributed by atoms with Crippen LogP contribution >= 0.6 is 0 Å². The minimum Gasteiger partial charge on any atom is -0.448 e. The lowest BCUT2D eigenvalue weighted by atomic mass is 10.1. The summed E-state index contributed by atoms with van der Waals surface area (Å²) >= 11 is 0. The fourth-order valence-electron chi connectivity index (χ4n) is 2.05. The summed E-state index contributed by atoms with van der Waals surface area (Å²) < 4.78 is 5.11. The molecule has 122 valence electrons. The number of hydrogen-bond acceptors (Lipinski definition) is 4. The van der Waals surface area contributed by atoms with Crippen LogP contribution in [0, 0.1) is 5.92 Å². The van der Waals surface area contributed by atoms with E-state index in [-0.39, 0.29) is 17.2 Å². The molecule has 0 fully saturated rings. The van der Waals surface area contributed by atoms with Gasteiger partial charge in [0, 0.05) is 11.9 Å². The summed E-state index contributed by atoms with van der Waals surface area (Å²) in [4.78, 5) is 38.4. The Morgan fingerprint density at radius 2 is 1.91 bits per heavy atom. The number of nitrogens with one attached hydrogen (secondary N) is 2. The van der Waals surface area contributed by atoms with Crippen LogP contribution in [-0.2, 0) is 9.53 Å². The van der Waals surface area contributed by atoms with E-state index in [1.165, 1.54) is 13.0 Å². The molecule has 0 aliphatic carbocycles. The van der Waals surface area contributed by atoms with Crippen molar-refractivity contribution >= 4 is 22.6 Å². The zero-order valence-corrected chi connectivity index (χ0v) is 13.4. The van der Waals surface area contributed by atoms with Crippen LogP contribution in [0.2, 0.25) is 0 Å². The molecular formula is C17H20N2O4. The summed E-state index contributed by atoms with van der Waals surface area (Å²) in [6.07, 6.45) is -0.934. The maximum atomic E-state index is 12.1. The van der Waals surface area contributed by atoms with Crippen LogP contribution < -0.4 is 10.9 Å². The van der Waals surface area contributed by atoms with Crippen LogP contribution in [0.15, 0.2) is 35.1 Å². The number of carbonyl (C=O) groups is 2. The Hall–Kier alpha value is -2.63. The molecule has 23 heavy (non-hydrogen) atoms. The van der Waals surface area contributed by atoms with Gasteiger partial charge in [-0.15, -0.1) is 0 Å². The summed E-state index contributed by atoms with van der Waals surface area (Å²) in [6, 6.07) is 8.47. The smallest absolute Gasteiger partial charge is 0.355 e. The van der Waals surface area contributed by atoms with E-state index in [9.17, 15) is 14.4 Å². The summed E-state index contributed by atoms with van der Waals surface area (Å²) in [5.74, 6) is -0.797. The Labute approximate surface area is 133 Å². The first kappa shape index (κ1) is 16.7. The first-order valence-corrected chi connectivity index (χ1v) is 7.49. The van der Waals surface area contributed by atoms with E-state index in [1.54, 1.807) is 24.3 Å². The molecule has 6 heteroatoms. The maximum absolute atomic E-state index is 12.1. The van der Waals surface area contributed by atoms with Crippen molar-refractivity contribution in [3.8, 4) is 0 Å². The second-order valence-corrected chi connectivity index (χ2v) is 5.79. The van der Waals surface area contributed by atoms with Gasteiger partial charge in [-0.05, 0) is 30.4 Å². The van der Waals surface area contributed by atoms with Crippen molar-refractivity contribution in [2.45, 2.75) is 26.9 Å². The molecule has 0 aliphatic heterocycles. The van der Waals surface area contributed by atoms with Gasteiger partial charge in [-0.2, -0.15) is 0 Å². The monoisotopic (exact) mass is 316 g/mol. The molecule has 1 heterocycles. The molecule has 1 aromatic heterocycles. The minimum atomic E-state index is -0.934. The summed E-state index contributed by atoms with van der Waals surface area (Å²) in [5, 5.41) is 3.82. The van der Waals surface area contributed by atoms with Gasteiger partial charge in [0.2, 0.25) is 0 Å². The maximum Gasteiger partial charge on any atom is 0.355 e. The topological polar surface area (TPSA) is 88.3 Å². The number of pyridine rings is 1. The van der Waals surface area contributed by atoms with E-state index in [0.717, 1.165) is 0 Å². The number of aromatic nitrogens is 1. The predicted molar refractivity (Wildman–Crippen MR) is 87.3 cm³/mol. The van der Waals surface area contributed by atoms with Gasteiger partial charge in [0.05, 0.1) is 0 Å². The highest BCUT2D eigenvalue weighted by atomic mass is 16.5. The first-order chi connectivity index (χ1) is 10.9. The molecule has 1 atom stereocenters. The number of amides is 1. The first-order valence-electron chi connectivity index (χ1n) is 7.49. The Morgan fingerprint density at radius 3 is 2.61 bits per heavy atom. The Bertz CT molecular complexity index is 780. The van der Waals surface area contributed by atoms with Crippen molar-refractivity contribution in [3.63, 3.8) is 0 Å². The van der Waals surface area contributed by atoms with Crippen molar-refractivity contribution in [1.29, 1.82) is 0 Å².